The summed E-state index contributed by atoms with van der Waals surface area (Å²) in [5.41, 5.74) is 8.04. The van der Waals surface area contributed by atoms with Crippen LogP contribution in [0.25, 0.3) is 0 Å². The van der Waals surface area contributed by atoms with Gasteiger partial charge >= 0.3 is 0 Å². The molecule has 3 nitrogen and oxygen atoms in total. The van der Waals surface area contributed by atoms with Crippen molar-refractivity contribution in [2.24, 2.45) is 0 Å². The van der Waals surface area contributed by atoms with Crippen molar-refractivity contribution in [2.75, 3.05) is 12.8 Å². The lowest BCUT2D eigenvalue weighted by molar-refractivity contribution is 0.414. The van der Waals surface area contributed by atoms with Gasteiger partial charge in [-0.1, -0.05) is 12.1 Å². The summed E-state index contributed by atoms with van der Waals surface area (Å²) in [4.78, 5) is 5.50. The Balaban J connectivity index is 1.99. The van der Waals surface area contributed by atoms with E-state index in [2.05, 4.69) is 17.1 Å². The zero-order valence-electron chi connectivity index (χ0n) is 10.1. The number of nitrogen functional groups attached to an aromatic ring is 1. The predicted octanol–water partition coefficient (Wildman–Crippen LogP) is 2.83. The molecule has 1 heterocycles. The van der Waals surface area contributed by atoms with E-state index in [1.807, 2.05) is 19.1 Å². The molecule has 0 aliphatic rings. The van der Waals surface area contributed by atoms with Gasteiger partial charge in [0.2, 0.25) is 0 Å². The summed E-state index contributed by atoms with van der Waals surface area (Å²) in [6.45, 7) is 2.01. The third-order valence-corrected chi connectivity index (χ3v) is 3.76. The van der Waals surface area contributed by atoms with Gasteiger partial charge in [0.1, 0.15) is 5.75 Å². The molecule has 17 heavy (non-hydrogen) atoms. The largest absolute Gasteiger partial charge is 0.497 e. The van der Waals surface area contributed by atoms with Crippen LogP contribution in [0, 0.1) is 6.92 Å². The second-order valence-corrected chi connectivity index (χ2v) is 5.02. The number of anilines is 1. The molecule has 0 aliphatic carbocycles. The first-order chi connectivity index (χ1) is 8.19. The number of thiazole rings is 1. The van der Waals surface area contributed by atoms with Crippen molar-refractivity contribution in [1.29, 1.82) is 0 Å². The molecular weight excluding hydrogens is 232 g/mol. The van der Waals surface area contributed by atoms with E-state index in [-0.39, 0.29) is 0 Å². The Hall–Kier alpha value is -1.55. The second kappa shape index (κ2) is 5.19. The number of rotatable bonds is 4. The van der Waals surface area contributed by atoms with Crippen LogP contribution in [-0.2, 0) is 12.8 Å². The Morgan fingerprint density at radius 3 is 2.47 bits per heavy atom. The number of methoxy groups -OCH3 is 1. The standard InChI is InChI=1S/C13H16N2OS/c1-9-12(17-13(14)15-9)8-5-10-3-6-11(16-2)7-4-10/h3-4,6-7H,5,8H2,1-2H3,(H2,14,15). The van der Waals surface area contributed by atoms with Gasteiger partial charge in [-0.25, -0.2) is 4.98 Å². The fraction of sp³-hybridized carbons (Fsp3) is 0.308. The molecule has 2 N–H and O–H groups in total. The lowest BCUT2D eigenvalue weighted by Gasteiger charge is -2.02. The minimum absolute atomic E-state index is 0.659. The highest BCUT2D eigenvalue weighted by Crippen LogP contribution is 2.22. The van der Waals surface area contributed by atoms with Crippen LogP contribution in [0.15, 0.2) is 24.3 Å². The van der Waals surface area contributed by atoms with E-state index in [4.69, 9.17) is 10.5 Å². The van der Waals surface area contributed by atoms with E-state index in [0.717, 1.165) is 24.3 Å². The quantitative estimate of drug-likeness (QED) is 0.905. The van der Waals surface area contributed by atoms with Gasteiger partial charge in [0.05, 0.1) is 12.8 Å². The molecule has 2 rings (SSSR count). The van der Waals surface area contributed by atoms with Crippen LogP contribution in [-0.4, -0.2) is 12.1 Å². The van der Waals surface area contributed by atoms with E-state index >= 15 is 0 Å². The Morgan fingerprint density at radius 1 is 1.24 bits per heavy atom. The van der Waals surface area contributed by atoms with E-state index in [1.54, 1.807) is 18.4 Å². The van der Waals surface area contributed by atoms with Crippen LogP contribution < -0.4 is 10.5 Å². The van der Waals surface area contributed by atoms with Gasteiger partial charge in [0, 0.05) is 4.88 Å². The number of hydrogen-bond donors (Lipinski definition) is 1. The highest BCUT2D eigenvalue weighted by molar-refractivity contribution is 7.15. The van der Waals surface area contributed by atoms with Crippen LogP contribution in [0.1, 0.15) is 16.1 Å². The Bertz CT molecular complexity index is 491. The molecule has 2 aromatic rings. The molecular formula is C13H16N2OS. The van der Waals surface area contributed by atoms with E-state index in [9.17, 15) is 0 Å². The lowest BCUT2D eigenvalue weighted by Crippen LogP contribution is -1.91. The van der Waals surface area contributed by atoms with Crippen molar-refractivity contribution in [2.45, 2.75) is 19.8 Å². The number of nitrogens with zero attached hydrogens (tertiary/aromatic N) is 1. The SMILES string of the molecule is COc1ccc(CCc2sc(N)nc2C)cc1. The maximum absolute atomic E-state index is 5.68. The van der Waals surface area contributed by atoms with Gasteiger partial charge in [-0.15, -0.1) is 11.3 Å². The van der Waals surface area contributed by atoms with E-state index in [1.165, 1.54) is 10.4 Å². The first-order valence-electron chi connectivity index (χ1n) is 5.53. The number of hydrogen-bond acceptors (Lipinski definition) is 4. The summed E-state index contributed by atoms with van der Waals surface area (Å²) >= 11 is 1.58. The first-order valence-corrected chi connectivity index (χ1v) is 6.35. The molecule has 1 aromatic carbocycles. The summed E-state index contributed by atoms with van der Waals surface area (Å²) in [5, 5.41) is 0.659. The van der Waals surface area contributed by atoms with Crippen LogP contribution in [0.4, 0.5) is 5.13 Å². The Labute approximate surface area is 105 Å². The van der Waals surface area contributed by atoms with Crippen molar-refractivity contribution in [3.8, 4) is 5.75 Å². The molecule has 0 atom stereocenters. The number of nitrogens with two attached hydrogens (primary N) is 1. The van der Waals surface area contributed by atoms with Gasteiger partial charge < -0.3 is 10.5 Å². The molecule has 0 spiro atoms. The third-order valence-electron chi connectivity index (χ3n) is 2.71. The van der Waals surface area contributed by atoms with Crippen LogP contribution in [0.5, 0.6) is 5.75 Å². The number of ether oxygens (including phenoxy) is 1. The fourth-order valence-corrected chi connectivity index (χ4v) is 2.57. The predicted molar refractivity (Wildman–Crippen MR) is 71.7 cm³/mol. The summed E-state index contributed by atoms with van der Waals surface area (Å²) < 4.78 is 5.13. The van der Waals surface area contributed by atoms with Crippen molar-refractivity contribution in [1.82, 2.24) is 4.98 Å². The highest BCUT2D eigenvalue weighted by atomic mass is 32.1. The Morgan fingerprint density at radius 2 is 1.94 bits per heavy atom. The lowest BCUT2D eigenvalue weighted by atomic mass is 10.1. The average Bonchev–Trinajstić information content (AvgIpc) is 2.66. The fourth-order valence-electron chi connectivity index (χ4n) is 1.73. The van der Waals surface area contributed by atoms with Crippen LogP contribution >= 0.6 is 11.3 Å². The van der Waals surface area contributed by atoms with Crippen LogP contribution in [0.3, 0.4) is 0 Å². The maximum atomic E-state index is 5.68. The van der Waals surface area contributed by atoms with Gasteiger partial charge in [0.25, 0.3) is 0 Å². The van der Waals surface area contributed by atoms with Gasteiger partial charge in [0.15, 0.2) is 5.13 Å². The minimum atomic E-state index is 0.659. The van der Waals surface area contributed by atoms with Crippen molar-refractivity contribution < 1.29 is 4.74 Å². The summed E-state index contributed by atoms with van der Waals surface area (Å²) in [6.07, 6.45) is 2.00. The molecule has 0 aliphatic heterocycles. The van der Waals surface area contributed by atoms with Gasteiger partial charge in [-0.2, -0.15) is 0 Å². The topological polar surface area (TPSA) is 48.1 Å². The molecule has 0 radical (unpaired) electrons. The van der Waals surface area contributed by atoms with Gasteiger partial charge in [-0.05, 0) is 37.5 Å². The van der Waals surface area contributed by atoms with Crippen LogP contribution in [0.2, 0.25) is 0 Å². The minimum Gasteiger partial charge on any atom is -0.497 e. The number of aromatic nitrogens is 1. The second-order valence-electron chi connectivity index (χ2n) is 3.91. The summed E-state index contributed by atoms with van der Waals surface area (Å²) in [5.74, 6) is 0.895. The van der Waals surface area contributed by atoms with E-state index < -0.39 is 0 Å². The summed E-state index contributed by atoms with van der Waals surface area (Å²) in [6, 6.07) is 8.17. The Kier molecular flexibility index (Phi) is 3.64. The van der Waals surface area contributed by atoms with Crippen molar-refractivity contribution in [3.05, 3.63) is 40.4 Å². The van der Waals surface area contributed by atoms with Crippen molar-refractivity contribution >= 4 is 16.5 Å². The number of aryl methyl sites for hydroxylation is 3. The van der Waals surface area contributed by atoms with E-state index in [0.29, 0.717) is 5.13 Å². The van der Waals surface area contributed by atoms with Gasteiger partial charge in [-0.3, -0.25) is 0 Å². The molecule has 0 bridgehead atoms. The van der Waals surface area contributed by atoms with Crippen molar-refractivity contribution in [3.63, 3.8) is 0 Å². The zero-order chi connectivity index (χ0) is 12.3. The molecule has 0 unspecified atom stereocenters. The molecule has 1 aromatic heterocycles. The molecule has 4 heteroatoms. The summed E-state index contributed by atoms with van der Waals surface area (Å²) in [7, 11) is 1.68. The zero-order valence-corrected chi connectivity index (χ0v) is 10.9. The number of benzene rings is 1. The molecule has 0 saturated heterocycles. The normalized spacial score (nSPS) is 10.5. The highest BCUT2D eigenvalue weighted by Gasteiger charge is 2.05. The molecule has 90 valence electrons. The smallest absolute Gasteiger partial charge is 0.180 e. The first kappa shape index (κ1) is 11.9. The molecule has 0 saturated carbocycles. The average molecular weight is 248 g/mol. The molecule has 0 amide bonds. The third kappa shape index (κ3) is 2.97. The molecule has 0 fully saturated rings. The monoisotopic (exact) mass is 248 g/mol. The maximum Gasteiger partial charge on any atom is 0.180 e.